The molecule has 0 saturated carbocycles. The van der Waals surface area contributed by atoms with Crippen molar-refractivity contribution in [3.05, 3.63) is 23.9 Å². The molecule has 3 amide bonds. The van der Waals surface area contributed by atoms with Crippen LogP contribution in [0.5, 0.6) is 5.88 Å². The number of nitrogens with zero attached hydrogens (tertiary/aromatic N) is 2. The molecule has 3 rings (SSSR count). The molecule has 0 unspecified atom stereocenters. The van der Waals surface area contributed by atoms with Gasteiger partial charge in [0.2, 0.25) is 15.9 Å². The van der Waals surface area contributed by atoms with Gasteiger partial charge in [-0.3, -0.25) is 10.1 Å². The maximum Gasteiger partial charge on any atom is 0.417 e. The van der Waals surface area contributed by atoms with Gasteiger partial charge in [0.15, 0.2) is 0 Å². The number of rotatable bonds is 5. The lowest BCUT2D eigenvalue weighted by molar-refractivity contribution is -0.137. The third-order valence-corrected chi connectivity index (χ3v) is 6.83. The Hall–Kier alpha value is -2.41. The highest BCUT2D eigenvalue weighted by Gasteiger charge is 2.47. The number of hydrogen-bond donors (Lipinski definition) is 2. The summed E-state index contributed by atoms with van der Waals surface area (Å²) in [5.41, 5.74) is -2.43. The number of aromatic nitrogens is 1. The minimum Gasteiger partial charge on any atom is -0.474 e. The molecule has 1 aromatic rings. The monoisotopic (exact) mass is 436 g/mol. The number of piperidine rings is 1. The molecule has 1 atom stereocenters. The van der Waals surface area contributed by atoms with Crippen molar-refractivity contribution in [1.29, 1.82) is 0 Å². The second-order valence-corrected chi connectivity index (χ2v) is 9.06. The number of alkyl halides is 3. The molecule has 0 radical (unpaired) electrons. The highest BCUT2D eigenvalue weighted by atomic mass is 32.2. The first-order chi connectivity index (χ1) is 13.4. The summed E-state index contributed by atoms with van der Waals surface area (Å²) in [4.78, 5) is 26.8. The van der Waals surface area contributed by atoms with Gasteiger partial charge >= 0.3 is 12.2 Å². The van der Waals surface area contributed by atoms with Crippen molar-refractivity contribution in [2.75, 3.05) is 18.8 Å². The Labute approximate surface area is 164 Å². The minimum atomic E-state index is -4.49. The van der Waals surface area contributed by atoms with E-state index in [1.54, 1.807) is 0 Å². The second-order valence-electron chi connectivity index (χ2n) is 7.10. The topological polar surface area (TPSA) is 118 Å². The van der Waals surface area contributed by atoms with E-state index in [9.17, 15) is 31.2 Å². The summed E-state index contributed by atoms with van der Waals surface area (Å²) in [6.45, 7) is 1.55. The number of nitrogens with one attached hydrogen (secondary N) is 2. The second kappa shape index (κ2) is 7.44. The van der Waals surface area contributed by atoms with Crippen LogP contribution in [0.4, 0.5) is 18.0 Å². The lowest BCUT2D eigenvalue weighted by Crippen LogP contribution is -2.53. The van der Waals surface area contributed by atoms with Crippen LogP contribution < -0.4 is 15.4 Å². The van der Waals surface area contributed by atoms with Gasteiger partial charge in [-0.1, -0.05) is 0 Å². The summed E-state index contributed by atoms with van der Waals surface area (Å²) in [6, 6.07) is 1.24. The van der Waals surface area contributed by atoms with E-state index in [4.69, 9.17) is 4.74 Å². The van der Waals surface area contributed by atoms with Gasteiger partial charge in [0.1, 0.15) is 11.6 Å². The van der Waals surface area contributed by atoms with Gasteiger partial charge in [0.05, 0.1) is 11.3 Å². The van der Waals surface area contributed by atoms with Crippen molar-refractivity contribution < 1.29 is 35.9 Å². The van der Waals surface area contributed by atoms with E-state index in [2.05, 4.69) is 10.3 Å². The smallest absolute Gasteiger partial charge is 0.417 e. The van der Waals surface area contributed by atoms with E-state index in [1.165, 1.54) is 11.2 Å². The first-order valence-electron chi connectivity index (χ1n) is 8.70. The third-order valence-electron chi connectivity index (χ3n) is 4.73. The molecule has 0 bridgehead atoms. The first-order valence-corrected chi connectivity index (χ1v) is 10.3. The van der Waals surface area contributed by atoms with Crippen LogP contribution in [0, 0.1) is 0 Å². The summed E-state index contributed by atoms with van der Waals surface area (Å²) in [5.74, 6) is -1.27. The van der Waals surface area contributed by atoms with Crippen molar-refractivity contribution in [2.24, 2.45) is 0 Å². The van der Waals surface area contributed by atoms with Gasteiger partial charge < -0.3 is 10.1 Å². The number of pyridine rings is 1. The SMILES string of the molecule is C[C@]1(CS(=O)(=O)N2CCC(Oc3ccc(C(F)(F)F)cn3)CC2)NC(=O)NC1=O. The van der Waals surface area contributed by atoms with Gasteiger partial charge in [-0.05, 0) is 25.8 Å². The van der Waals surface area contributed by atoms with Gasteiger partial charge in [-0.25, -0.2) is 22.5 Å². The highest BCUT2D eigenvalue weighted by Crippen LogP contribution is 2.29. The molecule has 0 aliphatic carbocycles. The zero-order chi connectivity index (χ0) is 21.4. The van der Waals surface area contributed by atoms with E-state index in [-0.39, 0.29) is 19.0 Å². The summed E-state index contributed by atoms with van der Waals surface area (Å²) >= 11 is 0. The van der Waals surface area contributed by atoms with Crippen molar-refractivity contribution in [2.45, 2.75) is 37.6 Å². The Morgan fingerprint density at radius 2 is 1.93 bits per heavy atom. The molecule has 0 spiro atoms. The van der Waals surface area contributed by atoms with Crippen LogP contribution in [-0.4, -0.2) is 60.1 Å². The molecule has 2 N–H and O–H groups in total. The predicted molar refractivity (Wildman–Crippen MR) is 93.3 cm³/mol. The number of hydrogen-bond acceptors (Lipinski definition) is 6. The normalized spacial score (nSPS) is 24.3. The van der Waals surface area contributed by atoms with Crippen LogP contribution in [0.25, 0.3) is 0 Å². The number of halogens is 3. The lowest BCUT2D eigenvalue weighted by atomic mass is 10.1. The molecule has 3 heterocycles. The standard InChI is InChI=1S/C16H19F3N4O5S/c1-15(13(24)21-14(25)22-15)9-29(26,27)23-6-4-11(5-7-23)28-12-3-2-10(8-20-12)16(17,18)19/h2-3,8,11H,4-7,9H2,1H3,(H2,21,22,24,25)/t15-/m1/s1. The number of carbonyl (C=O) groups excluding carboxylic acids is 2. The molecule has 1 aromatic heterocycles. The number of amides is 3. The maximum atomic E-state index is 12.6. The van der Waals surface area contributed by atoms with Crippen molar-refractivity contribution in [3.8, 4) is 5.88 Å². The van der Waals surface area contributed by atoms with E-state index in [1.807, 2.05) is 5.32 Å². The average molecular weight is 436 g/mol. The Kier molecular flexibility index (Phi) is 5.47. The quantitative estimate of drug-likeness (QED) is 0.662. The van der Waals surface area contributed by atoms with Gasteiger partial charge in [-0.2, -0.15) is 13.2 Å². The van der Waals surface area contributed by atoms with Crippen LogP contribution in [0.1, 0.15) is 25.3 Å². The third kappa shape index (κ3) is 4.78. The van der Waals surface area contributed by atoms with E-state index in [0.29, 0.717) is 19.0 Å². The zero-order valence-electron chi connectivity index (χ0n) is 15.3. The van der Waals surface area contributed by atoms with Crippen LogP contribution in [0.15, 0.2) is 18.3 Å². The zero-order valence-corrected chi connectivity index (χ0v) is 16.1. The predicted octanol–water partition coefficient (Wildman–Crippen LogP) is 0.871. The Bertz CT molecular complexity index is 898. The maximum absolute atomic E-state index is 12.6. The molecule has 2 aliphatic heterocycles. The summed E-state index contributed by atoms with van der Waals surface area (Å²) in [7, 11) is -3.84. The molecule has 2 aliphatic rings. The number of sulfonamides is 1. The van der Waals surface area contributed by atoms with E-state index in [0.717, 1.165) is 12.1 Å². The van der Waals surface area contributed by atoms with Crippen LogP contribution in [0.2, 0.25) is 0 Å². The van der Waals surface area contributed by atoms with E-state index >= 15 is 0 Å². The Morgan fingerprint density at radius 1 is 1.28 bits per heavy atom. The molecular weight excluding hydrogens is 417 g/mol. The minimum absolute atomic E-state index is 0.0251. The molecule has 160 valence electrons. The fraction of sp³-hybridized carbons (Fsp3) is 0.562. The summed E-state index contributed by atoms with van der Waals surface area (Å²) in [5, 5.41) is 4.32. The average Bonchev–Trinajstić information content (AvgIpc) is 2.86. The van der Waals surface area contributed by atoms with Crippen LogP contribution >= 0.6 is 0 Å². The van der Waals surface area contributed by atoms with Crippen molar-refractivity contribution in [1.82, 2.24) is 19.9 Å². The van der Waals surface area contributed by atoms with Gasteiger partial charge in [0, 0.05) is 25.4 Å². The number of urea groups is 1. The number of imide groups is 1. The molecule has 13 heteroatoms. The van der Waals surface area contributed by atoms with E-state index < -0.39 is 51.1 Å². The highest BCUT2D eigenvalue weighted by molar-refractivity contribution is 7.89. The molecular formula is C16H19F3N4O5S. The first kappa shape index (κ1) is 21.3. The lowest BCUT2D eigenvalue weighted by Gasteiger charge is -2.33. The molecule has 0 aromatic carbocycles. The molecule has 2 fully saturated rings. The van der Waals surface area contributed by atoms with Crippen molar-refractivity contribution in [3.63, 3.8) is 0 Å². The molecule has 9 nitrogen and oxygen atoms in total. The fourth-order valence-electron chi connectivity index (χ4n) is 3.15. The number of carbonyl (C=O) groups is 2. The Balaban J connectivity index is 1.56. The number of ether oxygens (including phenoxy) is 1. The molecule has 2 saturated heterocycles. The van der Waals surface area contributed by atoms with Gasteiger partial charge in [0.25, 0.3) is 5.91 Å². The summed E-state index contributed by atoms with van der Waals surface area (Å²) < 4.78 is 69.7. The van der Waals surface area contributed by atoms with Crippen molar-refractivity contribution >= 4 is 22.0 Å². The largest absolute Gasteiger partial charge is 0.474 e. The Morgan fingerprint density at radius 3 is 2.41 bits per heavy atom. The van der Waals surface area contributed by atoms with Gasteiger partial charge in [-0.15, -0.1) is 0 Å². The molecule has 29 heavy (non-hydrogen) atoms. The van der Waals surface area contributed by atoms with Crippen LogP contribution in [-0.2, 0) is 21.0 Å². The fourth-order valence-corrected chi connectivity index (χ4v) is 5.04. The summed E-state index contributed by atoms with van der Waals surface area (Å²) in [6.07, 6.45) is -3.61. The van der Waals surface area contributed by atoms with Crippen LogP contribution in [0.3, 0.4) is 0 Å².